The van der Waals surface area contributed by atoms with E-state index < -0.39 is 29.6 Å². The molecule has 4 heterocycles. The van der Waals surface area contributed by atoms with E-state index in [1.807, 2.05) is 6.92 Å². The Hall–Kier alpha value is -4.43. The van der Waals surface area contributed by atoms with E-state index in [1.54, 1.807) is 42.1 Å². The van der Waals surface area contributed by atoms with Gasteiger partial charge in [0.15, 0.2) is 23.1 Å². The van der Waals surface area contributed by atoms with Crippen LogP contribution in [0, 0.1) is 17.5 Å². The molecule has 0 bridgehead atoms. The monoisotopic (exact) mass is 554 g/mol. The zero-order chi connectivity index (χ0) is 28.8. The molecule has 0 spiro atoms. The van der Waals surface area contributed by atoms with E-state index in [0.717, 1.165) is 23.2 Å². The number of alkyl halides is 3. The van der Waals surface area contributed by atoms with E-state index in [0.29, 0.717) is 35.4 Å². The molecule has 0 saturated heterocycles. The maximum absolute atomic E-state index is 13.8. The molecular weight excluding hydrogens is 534 g/mol. The van der Waals surface area contributed by atoms with E-state index in [9.17, 15) is 31.1 Å². The van der Waals surface area contributed by atoms with Crippen LogP contribution in [-0.2, 0) is 25.3 Å². The molecule has 1 atom stereocenters. The first-order valence-electron chi connectivity index (χ1n) is 11.3. The predicted molar refractivity (Wildman–Crippen MR) is 124 cm³/mol. The second kappa shape index (κ2) is 10.0. The van der Waals surface area contributed by atoms with Crippen LogP contribution in [0.4, 0.5) is 26.3 Å². The van der Waals surface area contributed by atoms with E-state index in [2.05, 4.69) is 15.2 Å². The number of aryl methyl sites for hydroxylation is 2. The zero-order valence-electron chi connectivity index (χ0n) is 20.6. The Morgan fingerprint density at radius 1 is 1.05 bits per heavy atom. The van der Waals surface area contributed by atoms with Crippen LogP contribution >= 0.6 is 0 Å². The highest BCUT2D eigenvalue weighted by Gasteiger charge is 2.38. The fourth-order valence-electron chi connectivity index (χ4n) is 4.47. The van der Waals surface area contributed by atoms with Gasteiger partial charge < -0.3 is 10.0 Å². The SMILES string of the molecule is C[C@H]1c2nn(C)c(-c3cc(F)c(F)c(F)c3)c2CCN1C(=O)c1nn(C)c2cnccc12.O=C(O)C(F)(F)F. The Labute approximate surface area is 216 Å². The van der Waals surface area contributed by atoms with Crippen LogP contribution in [0.25, 0.3) is 22.2 Å². The van der Waals surface area contributed by atoms with Crippen LogP contribution in [0.1, 0.15) is 34.7 Å². The third kappa shape index (κ3) is 5.03. The van der Waals surface area contributed by atoms with Gasteiger partial charge in [0, 0.05) is 43.4 Å². The van der Waals surface area contributed by atoms with Crippen LogP contribution in [0.5, 0.6) is 0 Å². The van der Waals surface area contributed by atoms with Crippen molar-refractivity contribution in [2.75, 3.05) is 6.54 Å². The number of benzene rings is 1. The van der Waals surface area contributed by atoms with E-state index in [-0.39, 0.29) is 17.5 Å². The van der Waals surface area contributed by atoms with Gasteiger partial charge in [0.25, 0.3) is 5.91 Å². The van der Waals surface area contributed by atoms with Gasteiger partial charge in [0.05, 0.1) is 29.1 Å². The lowest BCUT2D eigenvalue weighted by atomic mass is 9.95. The van der Waals surface area contributed by atoms with Crippen LogP contribution < -0.4 is 0 Å². The van der Waals surface area contributed by atoms with Crippen LogP contribution in [0.2, 0.25) is 0 Å². The molecule has 1 amide bonds. The van der Waals surface area contributed by atoms with Crippen molar-refractivity contribution in [3.63, 3.8) is 0 Å². The number of carbonyl (C=O) groups is 2. The molecule has 15 heteroatoms. The first-order chi connectivity index (χ1) is 18.2. The number of rotatable bonds is 2. The van der Waals surface area contributed by atoms with Crippen molar-refractivity contribution in [1.29, 1.82) is 0 Å². The van der Waals surface area contributed by atoms with Gasteiger partial charge in [0.2, 0.25) is 0 Å². The Bertz CT molecular complexity index is 1570. The van der Waals surface area contributed by atoms with E-state index >= 15 is 0 Å². The summed E-state index contributed by atoms with van der Waals surface area (Å²) in [5.74, 6) is -7.01. The number of nitrogens with zero attached hydrogens (tertiary/aromatic N) is 6. The predicted octanol–water partition coefficient (Wildman–Crippen LogP) is 4.18. The summed E-state index contributed by atoms with van der Waals surface area (Å²) in [5.41, 5.74) is 3.21. The Morgan fingerprint density at radius 2 is 1.67 bits per heavy atom. The van der Waals surface area contributed by atoms with E-state index in [4.69, 9.17) is 9.90 Å². The standard InChI is InChI=1S/C22H19F3N6O.C2HF3O2/c1-11-19-14(21(30(3)27-19)12-8-15(23)18(25)16(24)9-12)5-7-31(11)22(32)20-13-4-6-26-10-17(13)29(2)28-20;3-2(4,5)1(6)7/h4,6,8-11H,5,7H2,1-3H3;(H,6,7)/t11-;/m0./s1. The van der Waals surface area contributed by atoms with Gasteiger partial charge >= 0.3 is 12.1 Å². The van der Waals surface area contributed by atoms with Crippen molar-refractivity contribution in [1.82, 2.24) is 29.4 Å². The number of halogens is 6. The van der Waals surface area contributed by atoms with Crippen molar-refractivity contribution >= 4 is 22.8 Å². The molecule has 1 N–H and O–H groups in total. The highest BCUT2D eigenvalue weighted by molar-refractivity contribution is 6.04. The maximum Gasteiger partial charge on any atom is 0.490 e. The molecule has 39 heavy (non-hydrogen) atoms. The summed E-state index contributed by atoms with van der Waals surface area (Å²) in [6, 6.07) is 3.30. The number of carboxylic acids is 1. The summed E-state index contributed by atoms with van der Waals surface area (Å²) < 4.78 is 76.0. The van der Waals surface area contributed by atoms with Crippen LogP contribution in [-0.4, -0.2) is 59.1 Å². The lowest BCUT2D eigenvalue weighted by Gasteiger charge is -2.32. The average Bonchev–Trinajstić information content (AvgIpc) is 3.39. The summed E-state index contributed by atoms with van der Waals surface area (Å²) in [4.78, 5) is 28.1. The van der Waals surface area contributed by atoms with E-state index in [1.165, 1.54) is 4.68 Å². The summed E-state index contributed by atoms with van der Waals surface area (Å²) in [7, 11) is 3.41. The van der Waals surface area contributed by atoms with Crippen LogP contribution in [0.15, 0.2) is 30.6 Å². The summed E-state index contributed by atoms with van der Waals surface area (Å²) in [6.45, 7) is 2.23. The zero-order valence-corrected chi connectivity index (χ0v) is 20.6. The van der Waals surface area contributed by atoms with Crippen molar-refractivity contribution in [3.05, 3.63) is 65.0 Å². The quantitative estimate of drug-likeness (QED) is 0.295. The number of aromatic nitrogens is 5. The lowest BCUT2D eigenvalue weighted by Crippen LogP contribution is -2.39. The van der Waals surface area contributed by atoms with Gasteiger partial charge in [-0.2, -0.15) is 23.4 Å². The number of aliphatic carboxylic acids is 1. The van der Waals surface area contributed by atoms with Crippen LogP contribution in [0.3, 0.4) is 0 Å². The fourth-order valence-corrected chi connectivity index (χ4v) is 4.47. The summed E-state index contributed by atoms with van der Waals surface area (Å²) in [5, 5.41) is 16.8. The highest BCUT2D eigenvalue weighted by atomic mass is 19.4. The minimum atomic E-state index is -5.08. The smallest absolute Gasteiger partial charge is 0.475 e. The molecule has 4 aromatic rings. The molecule has 1 aliphatic heterocycles. The molecule has 9 nitrogen and oxygen atoms in total. The number of carboxylic acid groups (broad SMARTS) is 1. The van der Waals surface area contributed by atoms with Gasteiger partial charge in [-0.15, -0.1) is 0 Å². The van der Waals surface area contributed by atoms with Crippen molar-refractivity contribution < 1.29 is 41.0 Å². The van der Waals surface area contributed by atoms with Crippen molar-refractivity contribution in [2.24, 2.45) is 14.1 Å². The number of hydrogen-bond donors (Lipinski definition) is 1. The molecular formula is C24H20F6N6O3. The number of amides is 1. The number of carbonyl (C=O) groups excluding carboxylic acids is 1. The van der Waals surface area contributed by atoms with Crippen molar-refractivity contribution in [3.8, 4) is 11.3 Å². The highest BCUT2D eigenvalue weighted by Crippen LogP contribution is 2.37. The number of hydrogen-bond acceptors (Lipinski definition) is 5. The molecule has 1 aromatic carbocycles. The number of pyridine rings is 1. The molecule has 0 unspecified atom stereocenters. The number of fused-ring (bicyclic) bond motifs is 2. The molecule has 206 valence electrons. The largest absolute Gasteiger partial charge is 0.490 e. The molecule has 1 aliphatic rings. The summed E-state index contributed by atoms with van der Waals surface area (Å²) >= 11 is 0. The molecule has 3 aromatic heterocycles. The Kier molecular flexibility index (Phi) is 7.10. The topological polar surface area (TPSA) is 106 Å². The third-order valence-electron chi connectivity index (χ3n) is 6.26. The second-order valence-electron chi connectivity index (χ2n) is 8.68. The Morgan fingerprint density at radius 3 is 2.26 bits per heavy atom. The van der Waals surface area contributed by atoms with Gasteiger partial charge in [-0.3, -0.25) is 19.1 Å². The molecule has 0 fully saturated rings. The molecule has 0 radical (unpaired) electrons. The first-order valence-corrected chi connectivity index (χ1v) is 11.3. The Balaban J connectivity index is 0.000000448. The summed E-state index contributed by atoms with van der Waals surface area (Å²) in [6.07, 6.45) is -1.38. The normalized spacial score (nSPS) is 15.1. The van der Waals surface area contributed by atoms with Gasteiger partial charge in [0.1, 0.15) is 0 Å². The van der Waals surface area contributed by atoms with Crippen molar-refractivity contribution in [2.45, 2.75) is 25.6 Å². The lowest BCUT2D eigenvalue weighted by molar-refractivity contribution is -0.192. The molecule has 0 saturated carbocycles. The minimum Gasteiger partial charge on any atom is -0.475 e. The fraction of sp³-hybridized carbons (Fsp3) is 0.292. The molecule has 0 aliphatic carbocycles. The van der Waals surface area contributed by atoms with Gasteiger partial charge in [-0.1, -0.05) is 0 Å². The minimum absolute atomic E-state index is 0.202. The third-order valence-corrected chi connectivity index (χ3v) is 6.26. The second-order valence-corrected chi connectivity index (χ2v) is 8.68. The van der Waals surface area contributed by atoms with Gasteiger partial charge in [-0.05, 0) is 31.5 Å². The van der Waals surface area contributed by atoms with Gasteiger partial charge in [-0.25, -0.2) is 18.0 Å². The molecule has 5 rings (SSSR count). The maximum atomic E-state index is 13.8. The first kappa shape index (κ1) is 27.6. The average molecular weight is 554 g/mol.